The first kappa shape index (κ1) is 16.9. The van der Waals surface area contributed by atoms with Gasteiger partial charge in [0.1, 0.15) is 5.82 Å². The van der Waals surface area contributed by atoms with Crippen molar-refractivity contribution in [1.29, 1.82) is 0 Å². The van der Waals surface area contributed by atoms with Crippen molar-refractivity contribution in [2.45, 2.75) is 51.0 Å². The lowest BCUT2D eigenvalue weighted by Crippen LogP contribution is -2.48. The molecule has 0 aromatic heterocycles. The summed E-state index contributed by atoms with van der Waals surface area (Å²) in [6.45, 7) is 0.964. The zero-order valence-electron chi connectivity index (χ0n) is 14.0. The Balaban J connectivity index is 1.60. The summed E-state index contributed by atoms with van der Waals surface area (Å²) < 4.78 is 13.8. The Morgan fingerprint density at radius 3 is 2.54 bits per heavy atom. The highest BCUT2D eigenvalue weighted by Crippen LogP contribution is 2.22. The van der Waals surface area contributed by atoms with E-state index in [-0.39, 0.29) is 29.3 Å². The fourth-order valence-corrected chi connectivity index (χ4v) is 3.75. The second-order valence-electron chi connectivity index (χ2n) is 6.91. The van der Waals surface area contributed by atoms with Crippen LogP contribution >= 0.6 is 0 Å². The van der Waals surface area contributed by atoms with Gasteiger partial charge < -0.3 is 10.2 Å². The topological polar surface area (TPSA) is 49.4 Å². The van der Waals surface area contributed by atoms with Gasteiger partial charge in [0.2, 0.25) is 5.91 Å². The third kappa shape index (κ3) is 3.94. The van der Waals surface area contributed by atoms with E-state index < -0.39 is 5.82 Å². The van der Waals surface area contributed by atoms with Gasteiger partial charge in [-0.3, -0.25) is 9.59 Å². The number of hydrogen-bond acceptors (Lipinski definition) is 2. The number of carbonyl (C=O) groups excluding carboxylic acids is 2. The molecule has 2 amide bonds. The van der Waals surface area contributed by atoms with Crippen molar-refractivity contribution in [3.63, 3.8) is 0 Å². The van der Waals surface area contributed by atoms with Crippen LogP contribution in [0, 0.1) is 11.7 Å². The Hall–Kier alpha value is -1.91. The summed E-state index contributed by atoms with van der Waals surface area (Å²) >= 11 is 0. The third-order valence-electron chi connectivity index (χ3n) is 5.14. The molecule has 1 aromatic carbocycles. The number of amides is 2. The summed E-state index contributed by atoms with van der Waals surface area (Å²) in [7, 11) is 0. The summed E-state index contributed by atoms with van der Waals surface area (Å²) in [5.74, 6) is -0.955. The molecule has 1 saturated carbocycles. The molecule has 2 aliphatic rings. The van der Waals surface area contributed by atoms with Crippen LogP contribution in [0.2, 0.25) is 0 Å². The largest absolute Gasteiger partial charge is 0.353 e. The minimum atomic E-state index is -0.503. The molecule has 1 N–H and O–H groups in total. The summed E-state index contributed by atoms with van der Waals surface area (Å²) in [6.07, 6.45) is 7.27. The first-order valence-corrected chi connectivity index (χ1v) is 8.99. The van der Waals surface area contributed by atoms with Crippen LogP contribution in [0.1, 0.15) is 55.3 Å². The van der Waals surface area contributed by atoms with E-state index >= 15 is 0 Å². The molecule has 24 heavy (non-hydrogen) atoms. The van der Waals surface area contributed by atoms with Crippen LogP contribution < -0.4 is 5.32 Å². The summed E-state index contributed by atoms with van der Waals surface area (Å²) in [5.41, 5.74) is 0.0887. The minimum absolute atomic E-state index is 0.0490. The highest BCUT2D eigenvalue weighted by Gasteiger charge is 2.30. The van der Waals surface area contributed by atoms with Crippen LogP contribution in [0.15, 0.2) is 24.3 Å². The monoisotopic (exact) mass is 332 g/mol. The number of nitrogens with zero attached hydrogens (tertiary/aromatic N) is 1. The lowest BCUT2D eigenvalue weighted by atomic mass is 9.92. The molecule has 5 heteroatoms. The molecule has 130 valence electrons. The summed E-state index contributed by atoms with van der Waals surface area (Å²) in [5, 5.41) is 3.15. The minimum Gasteiger partial charge on any atom is -0.353 e. The lowest BCUT2D eigenvalue weighted by molar-refractivity contribution is -0.127. The van der Waals surface area contributed by atoms with E-state index in [4.69, 9.17) is 0 Å². The number of halogens is 1. The zero-order chi connectivity index (χ0) is 16.9. The van der Waals surface area contributed by atoms with Gasteiger partial charge in [-0.05, 0) is 37.8 Å². The molecular formula is C19H25FN2O2. The van der Waals surface area contributed by atoms with Crippen LogP contribution in [0.3, 0.4) is 0 Å². The first-order chi connectivity index (χ1) is 11.6. The van der Waals surface area contributed by atoms with Gasteiger partial charge in [-0.2, -0.15) is 0 Å². The van der Waals surface area contributed by atoms with E-state index in [2.05, 4.69) is 5.32 Å². The Bertz CT molecular complexity index is 599. The van der Waals surface area contributed by atoms with Gasteiger partial charge in [-0.1, -0.05) is 31.4 Å². The Kier molecular flexibility index (Phi) is 5.48. The van der Waals surface area contributed by atoms with Crippen molar-refractivity contribution in [2.75, 3.05) is 13.1 Å². The van der Waals surface area contributed by atoms with Crippen LogP contribution in [0.5, 0.6) is 0 Å². The normalized spacial score (nSPS) is 22.2. The van der Waals surface area contributed by atoms with Gasteiger partial charge in [-0.25, -0.2) is 4.39 Å². The number of hydrogen-bond donors (Lipinski definition) is 1. The molecule has 1 heterocycles. The molecule has 1 aliphatic heterocycles. The predicted molar refractivity (Wildman–Crippen MR) is 90.0 cm³/mol. The van der Waals surface area contributed by atoms with E-state index in [9.17, 15) is 14.0 Å². The van der Waals surface area contributed by atoms with Gasteiger partial charge in [-0.15, -0.1) is 0 Å². The predicted octanol–water partition coefficient (Wildman–Crippen LogP) is 3.13. The number of nitrogens with one attached hydrogen (secondary N) is 1. The first-order valence-electron chi connectivity index (χ1n) is 8.99. The van der Waals surface area contributed by atoms with Crippen molar-refractivity contribution in [1.82, 2.24) is 10.2 Å². The number of rotatable bonds is 3. The lowest BCUT2D eigenvalue weighted by Gasteiger charge is -2.33. The van der Waals surface area contributed by atoms with Crippen molar-refractivity contribution >= 4 is 11.8 Å². The molecular weight excluding hydrogens is 307 g/mol. The average Bonchev–Trinajstić information content (AvgIpc) is 2.62. The number of benzene rings is 1. The van der Waals surface area contributed by atoms with E-state index in [1.807, 2.05) is 0 Å². The third-order valence-corrected chi connectivity index (χ3v) is 5.14. The van der Waals surface area contributed by atoms with Crippen LogP contribution in [0.4, 0.5) is 4.39 Å². The Morgan fingerprint density at radius 1 is 1.04 bits per heavy atom. The maximum Gasteiger partial charge on any atom is 0.256 e. The Morgan fingerprint density at radius 2 is 1.79 bits per heavy atom. The van der Waals surface area contributed by atoms with Gasteiger partial charge in [0, 0.05) is 19.1 Å². The highest BCUT2D eigenvalue weighted by molar-refractivity contribution is 5.95. The average molecular weight is 332 g/mol. The smallest absolute Gasteiger partial charge is 0.256 e. The molecule has 4 nitrogen and oxygen atoms in total. The van der Waals surface area contributed by atoms with Gasteiger partial charge in [0.05, 0.1) is 11.5 Å². The summed E-state index contributed by atoms with van der Waals surface area (Å²) in [4.78, 5) is 26.7. The van der Waals surface area contributed by atoms with E-state index in [1.165, 1.54) is 31.4 Å². The zero-order valence-corrected chi connectivity index (χ0v) is 14.0. The molecule has 0 spiro atoms. The number of piperidine rings is 1. The van der Waals surface area contributed by atoms with E-state index in [0.717, 1.165) is 25.7 Å². The van der Waals surface area contributed by atoms with Crippen LogP contribution in [0.25, 0.3) is 0 Å². The summed E-state index contributed by atoms with van der Waals surface area (Å²) in [6, 6.07) is 6.31. The van der Waals surface area contributed by atoms with Crippen molar-refractivity contribution in [3.05, 3.63) is 35.6 Å². The van der Waals surface area contributed by atoms with Gasteiger partial charge in [0.15, 0.2) is 0 Å². The second kappa shape index (κ2) is 7.77. The van der Waals surface area contributed by atoms with Crippen LogP contribution in [-0.4, -0.2) is 35.8 Å². The maximum atomic E-state index is 13.8. The quantitative estimate of drug-likeness (QED) is 0.924. The van der Waals surface area contributed by atoms with Gasteiger partial charge >= 0.3 is 0 Å². The molecule has 3 rings (SSSR count). The maximum absolute atomic E-state index is 13.8. The molecule has 0 radical (unpaired) electrons. The van der Waals surface area contributed by atoms with Crippen molar-refractivity contribution in [2.24, 2.45) is 5.92 Å². The molecule has 1 aliphatic carbocycles. The molecule has 1 aromatic rings. The van der Waals surface area contributed by atoms with Gasteiger partial charge in [0.25, 0.3) is 5.91 Å². The Labute approximate surface area is 142 Å². The van der Waals surface area contributed by atoms with Crippen molar-refractivity contribution in [3.8, 4) is 0 Å². The highest BCUT2D eigenvalue weighted by atomic mass is 19.1. The fourth-order valence-electron chi connectivity index (χ4n) is 3.75. The number of likely N-dealkylation sites (tertiary alicyclic amines) is 1. The molecule has 2 fully saturated rings. The SMILES string of the molecule is O=C(NC1CCCCC1)[C@@H]1CCCN(C(=O)c2ccccc2F)C1. The number of carbonyl (C=O) groups is 2. The van der Waals surface area contributed by atoms with Crippen molar-refractivity contribution < 1.29 is 14.0 Å². The second-order valence-corrected chi connectivity index (χ2v) is 6.91. The molecule has 1 saturated heterocycles. The van der Waals surface area contributed by atoms with E-state index in [1.54, 1.807) is 17.0 Å². The molecule has 0 unspecified atom stereocenters. The standard InChI is InChI=1S/C19H25FN2O2/c20-17-11-5-4-10-16(17)19(24)22-12-6-7-14(13-22)18(23)21-15-8-2-1-3-9-15/h4-5,10-11,14-15H,1-3,6-9,12-13H2,(H,21,23)/t14-/m1/s1. The molecule has 0 bridgehead atoms. The van der Waals surface area contributed by atoms with E-state index in [0.29, 0.717) is 13.1 Å². The van der Waals surface area contributed by atoms with Crippen LogP contribution in [-0.2, 0) is 4.79 Å². The fraction of sp³-hybridized carbons (Fsp3) is 0.579. The molecule has 1 atom stereocenters.